The molecule has 3 nitrogen and oxygen atoms in total. The van der Waals surface area contributed by atoms with Crippen molar-refractivity contribution in [2.75, 3.05) is 6.54 Å². The Kier molecular flexibility index (Phi) is 4.09. The summed E-state index contributed by atoms with van der Waals surface area (Å²) >= 11 is 0. The Labute approximate surface area is 157 Å². The van der Waals surface area contributed by atoms with Gasteiger partial charge in [-0.3, -0.25) is 4.90 Å². The first-order chi connectivity index (χ1) is 13.2. The summed E-state index contributed by atoms with van der Waals surface area (Å²) in [5, 5.41) is 1.06. The maximum Gasteiger partial charge on any atom is 0.336 e. The van der Waals surface area contributed by atoms with Crippen molar-refractivity contribution < 1.29 is 8.81 Å². The van der Waals surface area contributed by atoms with Crippen molar-refractivity contribution in [3.8, 4) is 0 Å². The molecule has 1 atom stereocenters. The molecule has 0 bridgehead atoms. The molecule has 2 heterocycles. The van der Waals surface area contributed by atoms with Gasteiger partial charge in [0.1, 0.15) is 11.4 Å². The number of likely N-dealkylation sites (tertiary alicyclic amines) is 1. The molecule has 1 aliphatic heterocycles. The minimum atomic E-state index is -0.284. The molecule has 1 aromatic heterocycles. The molecule has 2 aliphatic rings. The van der Waals surface area contributed by atoms with E-state index in [4.69, 9.17) is 4.42 Å². The van der Waals surface area contributed by atoms with E-state index in [9.17, 15) is 9.18 Å². The van der Waals surface area contributed by atoms with Gasteiger partial charge in [-0.05, 0) is 85.2 Å². The molecule has 2 aromatic carbocycles. The van der Waals surface area contributed by atoms with Gasteiger partial charge in [0, 0.05) is 24.0 Å². The molecule has 0 saturated carbocycles. The van der Waals surface area contributed by atoms with E-state index in [1.54, 1.807) is 6.07 Å². The molecule has 1 fully saturated rings. The second kappa shape index (κ2) is 6.61. The summed E-state index contributed by atoms with van der Waals surface area (Å²) < 4.78 is 18.8. The van der Waals surface area contributed by atoms with Gasteiger partial charge in [0.15, 0.2) is 0 Å². The quantitative estimate of drug-likeness (QED) is 0.629. The molecule has 1 aliphatic carbocycles. The average Bonchev–Trinajstić information content (AvgIpc) is 3.29. The topological polar surface area (TPSA) is 33.5 Å². The molecule has 0 amide bonds. The molecule has 138 valence electrons. The predicted molar refractivity (Wildman–Crippen MR) is 103 cm³/mol. The van der Waals surface area contributed by atoms with E-state index in [2.05, 4.69) is 17.0 Å². The van der Waals surface area contributed by atoms with Crippen molar-refractivity contribution >= 4 is 11.0 Å². The highest BCUT2D eigenvalue weighted by atomic mass is 19.1. The number of benzene rings is 2. The van der Waals surface area contributed by atoms with E-state index in [0.717, 1.165) is 48.7 Å². The van der Waals surface area contributed by atoms with Gasteiger partial charge in [0.05, 0.1) is 0 Å². The van der Waals surface area contributed by atoms with Gasteiger partial charge in [0.25, 0.3) is 0 Å². The Bertz CT molecular complexity index is 1050. The number of halogens is 1. The van der Waals surface area contributed by atoms with Crippen LogP contribution in [0.5, 0.6) is 0 Å². The van der Waals surface area contributed by atoms with Gasteiger partial charge < -0.3 is 4.42 Å². The predicted octanol–water partition coefficient (Wildman–Crippen LogP) is 4.76. The Balaban J connectivity index is 1.52. The maximum absolute atomic E-state index is 13.3. The Morgan fingerprint density at radius 1 is 1.04 bits per heavy atom. The van der Waals surface area contributed by atoms with E-state index >= 15 is 0 Å². The van der Waals surface area contributed by atoms with Crippen molar-refractivity contribution in [3.63, 3.8) is 0 Å². The van der Waals surface area contributed by atoms with Crippen molar-refractivity contribution in [1.29, 1.82) is 0 Å². The molecule has 3 aromatic rings. The highest BCUT2D eigenvalue weighted by Crippen LogP contribution is 2.35. The first-order valence-corrected chi connectivity index (χ1v) is 9.75. The molecule has 0 N–H and O–H groups in total. The third-order valence-electron chi connectivity index (χ3n) is 6.03. The second-order valence-electron chi connectivity index (χ2n) is 7.74. The standard InChI is InChI=1S/C23H22FNO2/c24-19-8-6-15(7-9-19)21-5-2-10-25(21)14-18-13-23(26)27-22-12-17-4-1-3-16(17)11-20(18)22/h6-9,11-13,21H,1-5,10,14H2. The van der Waals surface area contributed by atoms with E-state index in [0.29, 0.717) is 12.1 Å². The summed E-state index contributed by atoms with van der Waals surface area (Å²) in [5.74, 6) is -0.205. The van der Waals surface area contributed by atoms with Gasteiger partial charge in [-0.1, -0.05) is 12.1 Å². The third-order valence-corrected chi connectivity index (χ3v) is 6.03. The monoisotopic (exact) mass is 363 g/mol. The van der Waals surface area contributed by atoms with E-state index in [-0.39, 0.29) is 17.5 Å². The van der Waals surface area contributed by atoms with Gasteiger partial charge >= 0.3 is 5.63 Å². The summed E-state index contributed by atoms with van der Waals surface area (Å²) in [7, 11) is 0. The summed E-state index contributed by atoms with van der Waals surface area (Å²) in [4.78, 5) is 14.5. The van der Waals surface area contributed by atoms with E-state index in [1.165, 1.54) is 29.7 Å². The Morgan fingerprint density at radius 2 is 1.81 bits per heavy atom. The van der Waals surface area contributed by atoms with Gasteiger partial charge in [-0.2, -0.15) is 0 Å². The number of fused-ring (bicyclic) bond motifs is 2. The van der Waals surface area contributed by atoms with Crippen LogP contribution in [-0.2, 0) is 19.4 Å². The van der Waals surface area contributed by atoms with Crippen LogP contribution in [0.3, 0.4) is 0 Å². The van der Waals surface area contributed by atoms with Crippen molar-refractivity contribution in [3.05, 3.63) is 81.0 Å². The molecule has 1 saturated heterocycles. The third kappa shape index (κ3) is 3.08. The molecule has 27 heavy (non-hydrogen) atoms. The zero-order valence-electron chi connectivity index (χ0n) is 15.2. The zero-order valence-corrected chi connectivity index (χ0v) is 15.2. The van der Waals surface area contributed by atoms with Crippen LogP contribution in [0.15, 0.2) is 51.7 Å². The fourth-order valence-corrected chi connectivity index (χ4v) is 4.72. The van der Waals surface area contributed by atoms with Gasteiger partial charge in [-0.15, -0.1) is 0 Å². The van der Waals surface area contributed by atoms with Crippen LogP contribution in [0.25, 0.3) is 11.0 Å². The number of aryl methyl sites for hydroxylation is 2. The molecule has 0 radical (unpaired) electrons. The molecule has 5 rings (SSSR count). The molecular formula is C23H22FNO2. The van der Waals surface area contributed by atoms with Crippen molar-refractivity contribution in [2.24, 2.45) is 0 Å². The molecule has 1 unspecified atom stereocenters. The second-order valence-corrected chi connectivity index (χ2v) is 7.74. The first kappa shape index (κ1) is 16.7. The smallest absolute Gasteiger partial charge is 0.336 e. The minimum Gasteiger partial charge on any atom is -0.423 e. The van der Waals surface area contributed by atoms with Gasteiger partial charge in [0.2, 0.25) is 0 Å². The van der Waals surface area contributed by atoms with Crippen LogP contribution in [0.4, 0.5) is 4.39 Å². The van der Waals surface area contributed by atoms with Crippen LogP contribution in [0.2, 0.25) is 0 Å². The van der Waals surface area contributed by atoms with Crippen LogP contribution in [0, 0.1) is 5.82 Å². The number of nitrogens with zero attached hydrogens (tertiary/aromatic N) is 1. The average molecular weight is 363 g/mol. The highest BCUT2D eigenvalue weighted by Gasteiger charge is 2.27. The van der Waals surface area contributed by atoms with E-state index < -0.39 is 0 Å². The minimum absolute atomic E-state index is 0.205. The zero-order chi connectivity index (χ0) is 18.4. The normalized spacial score (nSPS) is 19.7. The summed E-state index contributed by atoms with van der Waals surface area (Å²) in [6.07, 6.45) is 5.50. The summed E-state index contributed by atoms with van der Waals surface area (Å²) in [5.41, 5.74) is 5.29. The highest BCUT2D eigenvalue weighted by molar-refractivity contribution is 5.82. The fourth-order valence-electron chi connectivity index (χ4n) is 4.72. The lowest BCUT2D eigenvalue weighted by Gasteiger charge is -2.25. The Hall–Kier alpha value is -2.46. The number of hydrogen-bond acceptors (Lipinski definition) is 3. The van der Waals surface area contributed by atoms with Crippen molar-refractivity contribution in [2.45, 2.75) is 44.7 Å². The molecular weight excluding hydrogens is 341 g/mol. The fraction of sp³-hybridized carbons (Fsp3) is 0.348. The first-order valence-electron chi connectivity index (χ1n) is 9.75. The SMILES string of the molecule is O=c1cc(CN2CCCC2c2ccc(F)cc2)c2cc3c(cc2o1)CCC3. The number of rotatable bonds is 3. The lowest BCUT2D eigenvalue weighted by molar-refractivity contribution is 0.249. The lowest BCUT2D eigenvalue weighted by atomic mass is 10.0. The van der Waals surface area contributed by atoms with Crippen LogP contribution in [-0.4, -0.2) is 11.4 Å². The van der Waals surface area contributed by atoms with Crippen LogP contribution >= 0.6 is 0 Å². The molecule has 4 heteroatoms. The molecule has 0 spiro atoms. The van der Waals surface area contributed by atoms with Gasteiger partial charge in [-0.25, -0.2) is 9.18 Å². The lowest BCUT2D eigenvalue weighted by Crippen LogP contribution is -2.23. The van der Waals surface area contributed by atoms with Crippen LogP contribution in [0.1, 0.15) is 47.6 Å². The van der Waals surface area contributed by atoms with E-state index in [1.807, 2.05) is 12.1 Å². The Morgan fingerprint density at radius 3 is 2.63 bits per heavy atom. The summed E-state index contributed by atoms with van der Waals surface area (Å²) in [6, 6.07) is 13.0. The van der Waals surface area contributed by atoms with Crippen molar-refractivity contribution in [1.82, 2.24) is 4.90 Å². The number of hydrogen-bond donors (Lipinski definition) is 0. The summed E-state index contributed by atoms with van der Waals surface area (Å²) in [6.45, 7) is 1.69. The largest absolute Gasteiger partial charge is 0.423 e. The maximum atomic E-state index is 13.3. The van der Waals surface area contributed by atoms with Crippen LogP contribution < -0.4 is 5.63 Å².